The van der Waals surface area contributed by atoms with Gasteiger partial charge in [-0.3, -0.25) is 14.6 Å². The van der Waals surface area contributed by atoms with Crippen molar-refractivity contribution >= 4 is 56.6 Å². The van der Waals surface area contributed by atoms with Gasteiger partial charge in [0.2, 0.25) is 0 Å². The van der Waals surface area contributed by atoms with Gasteiger partial charge in [-0.25, -0.2) is 9.87 Å². The van der Waals surface area contributed by atoms with Crippen molar-refractivity contribution in [1.82, 2.24) is 5.48 Å². The minimum absolute atomic E-state index is 0.239. The second-order valence-corrected chi connectivity index (χ2v) is 7.87. The van der Waals surface area contributed by atoms with Crippen LogP contribution in [0.15, 0.2) is 23.2 Å². The maximum atomic E-state index is 14.2. The molecule has 0 radical (unpaired) electrons. The maximum Gasteiger partial charge on any atom is 0.278 e. The summed E-state index contributed by atoms with van der Waals surface area (Å²) < 4.78 is 15.8. The Morgan fingerprint density at radius 1 is 1.52 bits per heavy atom. The molecule has 0 saturated heterocycles. The van der Waals surface area contributed by atoms with Gasteiger partial charge in [0.05, 0.1) is 17.9 Å². The summed E-state index contributed by atoms with van der Waals surface area (Å²) in [5.74, 6) is -0.499. The third-order valence-electron chi connectivity index (χ3n) is 3.62. The number of nitrogens with zero attached hydrogens (tertiary/aromatic N) is 1. The lowest BCUT2D eigenvalue weighted by molar-refractivity contribution is 0.0364. The standard InChI is InChI=1S/C17H17FIN3O2S/c1-3-24-22-15(23)14-11-6-9(2)8-20-16(11)25-17(14)21-13-5-4-10(19)7-12(13)18/h4-7,9,21H,3,8H2,1-2H3,(H,22,23). The lowest BCUT2D eigenvalue weighted by Gasteiger charge is -2.10. The third-order valence-corrected chi connectivity index (χ3v) is 5.34. The zero-order valence-corrected chi connectivity index (χ0v) is 16.7. The number of halogens is 2. The molecule has 1 aromatic heterocycles. The highest BCUT2D eigenvalue weighted by atomic mass is 127. The van der Waals surface area contributed by atoms with Gasteiger partial charge in [-0.15, -0.1) is 0 Å². The fraction of sp³-hybridized carbons (Fsp3) is 0.294. The van der Waals surface area contributed by atoms with Crippen LogP contribution < -0.4 is 20.7 Å². The second-order valence-electron chi connectivity index (χ2n) is 5.62. The Hall–Kier alpha value is -1.52. The van der Waals surface area contributed by atoms with Gasteiger partial charge in [0.25, 0.3) is 5.91 Å². The highest BCUT2D eigenvalue weighted by Crippen LogP contribution is 2.26. The van der Waals surface area contributed by atoms with Gasteiger partial charge in [0.15, 0.2) is 0 Å². The van der Waals surface area contributed by atoms with Gasteiger partial charge >= 0.3 is 0 Å². The molecule has 0 spiro atoms. The van der Waals surface area contributed by atoms with Crippen LogP contribution in [0.3, 0.4) is 0 Å². The van der Waals surface area contributed by atoms with E-state index in [9.17, 15) is 9.18 Å². The number of rotatable bonds is 5. The van der Waals surface area contributed by atoms with Gasteiger partial charge < -0.3 is 5.32 Å². The third kappa shape index (κ3) is 4.01. The number of hydrogen-bond donors (Lipinski definition) is 2. The molecule has 1 aliphatic rings. The quantitative estimate of drug-likeness (QED) is 0.519. The molecule has 1 amide bonds. The van der Waals surface area contributed by atoms with Crippen molar-refractivity contribution in [3.63, 3.8) is 0 Å². The number of benzene rings is 1. The van der Waals surface area contributed by atoms with Crippen LogP contribution >= 0.6 is 33.9 Å². The van der Waals surface area contributed by atoms with Crippen molar-refractivity contribution in [3.05, 3.63) is 43.0 Å². The lowest BCUT2D eigenvalue weighted by atomic mass is 10.1. The van der Waals surface area contributed by atoms with Crippen LogP contribution in [0, 0.1) is 15.3 Å². The molecule has 1 aromatic carbocycles. The van der Waals surface area contributed by atoms with Crippen molar-refractivity contribution in [2.24, 2.45) is 10.9 Å². The van der Waals surface area contributed by atoms with Gasteiger partial charge in [-0.1, -0.05) is 24.3 Å². The van der Waals surface area contributed by atoms with Gasteiger partial charge in [-0.2, -0.15) is 0 Å². The highest BCUT2D eigenvalue weighted by molar-refractivity contribution is 14.1. The van der Waals surface area contributed by atoms with E-state index in [4.69, 9.17) is 4.84 Å². The summed E-state index contributed by atoms with van der Waals surface area (Å²) in [5, 5.41) is 4.37. The van der Waals surface area contributed by atoms with Crippen LogP contribution in [-0.4, -0.2) is 19.1 Å². The molecule has 1 aliphatic heterocycles. The molecule has 1 atom stereocenters. The van der Waals surface area contributed by atoms with E-state index in [1.807, 2.05) is 13.0 Å². The Morgan fingerprint density at radius 2 is 2.32 bits per heavy atom. The number of carbonyl (C=O) groups excluding carboxylic acids is 1. The van der Waals surface area contributed by atoms with Crippen molar-refractivity contribution in [2.45, 2.75) is 13.8 Å². The Labute approximate surface area is 162 Å². The maximum absolute atomic E-state index is 14.2. The predicted octanol–water partition coefficient (Wildman–Crippen LogP) is 2.97. The zero-order chi connectivity index (χ0) is 18.0. The van der Waals surface area contributed by atoms with E-state index in [1.165, 1.54) is 17.4 Å². The van der Waals surface area contributed by atoms with E-state index in [0.29, 0.717) is 29.4 Å². The fourth-order valence-electron chi connectivity index (χ4n) is 2.48. The highest BCUT2D eigenvalue weighted by Gasteiger charge is 2.21. The van der Waals surface area contributed by atoms with Crippen molar-refractivity contribution < 1.29 is 14.0 Å². The number of fused-ring (bicyclic) bond motifs is 1. The monoisotopic (exact) mass is 473 g/mol. The molecular formula is C17H17FIN3O2S. The average molecular weight is 473 g/mol. The zero-order valence-electron chi connectivity index (χ0n) is 13.7. The average Bonchev–Trinajstić information content (AvgIpc) is 2.92. The van der Waals surface area contributed by atoms with Crippen molar-refractivity contribution in [3.8, 4) is 0 Å². The van der Waals surface area contributed by atoms with E-state index in [0.717, 1.165) is 13.5 Å². The molecule has 3 rings (SSSR count). The first-order valence-electron chi connectivity index (χ1n) is 7.83. The Bertz CT molecular complexity index is 929. The molecule has 132 valence electrons. The van der Waals surface area contributed by atoms with E-state index in [2.05, 4.69) is 38.4 Å². The Morgan fingerprint density at radius 3 is 3.04 bits per heavy atom. The van der Waals surface area contributed by atoms with E-state index in [1.54, 1.807) is 19.1 Å². The number of nitrogens with one attached hydrogen (secondary N) is 2. The van der Waals surface area contributed by atoms with E-state index < -0.39 is 0 Å². The molecule has 2 N–H and O–H groups in total. The van der Waals surface area contributed by atoms with Crippen LogP contribution in [0.2, 0.25) is 0 Å². The first kappa shape index (κ1) is 18.3. The van der Waals surface area contributed by atoms with Crippen molar-refractivity contribution in [1.29, 1.82) is 0 Å². The molecule has 0 saturated carbocycles. The van der Waals surface area contributed by atoms with E-state index in [-0.39, 0.29) is 17.6 Å². The van der Waals surface area contributed by atoms with Gasteiger partial charge in [0.1, 0.15) is 15.5 Å². The molecule has 25 heavy (non-hydrogen) atoms. The summed E-state index contributed by atoms with van der Waals surface area (Å²) >= 11 is 3.39. The summed E-state index contributed by atoms with van der Waals surface area (Å²) in [6, 6.07) is 4.90. The summed E-state index contributed by atoms with van der Waals surface area (Å²) in [6.07, 6.45) is 2.02. The molecule has 2 heterocycles. The largest absolute Gasteiger partial charge is 0.344 e. The second kappa shape index (κ2) is 7.79. The number of amides is 1. The smallest absolute Gasteiger partial charge is 0.278 e. The lowest BCUT2D eigenvalue weighted by Crippen LogP contribution is -2.35. The van der Waals surface area contributed by atoms with Crippen LogP contribution in [0.4, 0.5) is 15.1 Å². The summed E-state index contributed by atoms with van der Waals surface area (Å²) in [7, 11) is 0. The van der Waals surface area contributed by atoms with Crippen LogP contribution in [-0.2, 0) is 4.84 Å². The number of hydroxylamine groups is 1. The normalized spacial score (nSPS) is 15.8. The summed E-state index contributed by atoms with van der Waals surface area (Å²) in [6.45, 7) is 4.86. The van der Waals surface area contributed by atoms with Crippen LogP contribution in [0.5, 0.6) is 0 Å². The van der Waals surface area contributed by atoms with E-state index >= 15 is 0 Å². The molecule has 0 fully saturated rings. The van der Waals surface area contributed by atoms with Crippen molar-refractivity contribution in [2.75, 3.05) is 18.5 Å². The molecule has 0 aliphatic carbocycles. The Balaban J connectivity index is 2.07. The van der Waals surface area contributed by atoms with Gasteiger partial charge in [-0.05, 0) is 53.6 Å². The molecular weight excluding hydrogens is 456 g/mol. The minimum atomic E-state index is -0.372. The first-order chi connectivity index (χ1) is 12.0. The molecule has 5 nitrogen and oxygen atoms in total. The van der Waals surface area contributed by atoms with Crippen LogP contribution in [0.25, 0.3) is 6.08 Å². The Kier molecular flexibility index (Phi) is 5.70. The summed E-state index contributed by atoms with van der Waals surface area (Å²) in [4.78, 5) is 22.1. The molecule has 0 bridgehead atoms. The molecule has 1 unspecified atom stereocenters. The first-order valence-corrected chi connectivity index (χ1v) is 9.72. The predicted molar refractivity (Wildman–Crippen MR) is 105 cm³/mol. The number of anilines is 2. The topological polar surface area (TPSA) is 62.7 Å². The van der Waals surface area contributed by atoms with Crippen LogP contribution in [0.1, 0.15) is 24.2 Å². The van der Waals surface area contributed by atoms with Gasteiger partial charge in [0, 0.05) is 15.3 Å². The number of hydrogen-bond acceptors (Lipinski definition) is 5. The molecule has 2 aromatic rings. The molecule has 8 heteroatoms. The minimum Gasteiger partial charge on any atom is -0.344 e. The number of carbonyl (C=O) groups is 1. The fourth-order valence-corrected chi connectivity index (χ4v) is 4.01. The number of thiophene rings is 1. The summed E-state index contributed by atoms with van der Waals surface area (Å²) in [5.41, 5.74) is 3.17. The SMILES string of the molecule is CCONC(=O)c1c(Nc2ccc(I)cc2F)sc2c1=CC(C)CN=2.